The zero-order chi connectivity index (χ0) is 13.8. The van der Waals surface area contributed by atoms with E-state index < -0.39 is 15.1 Å². The van der Waals surface area contributed by atoms with Crippen LogP contribution in [0.15, 0.2) is 30.3 Å². The van der Waals surface area contributed by atoms with Crippen LogP contribution in [-0.2, 0) is 21.2 Å². The Balaban J connectivity index is 2.82. The monoisotopic (exact) mass is 269 g/mol. The third-order valence-corrected chi connectivity index (χ3v) is 4.39. The van der Waals surface area contributed by atoms with Crippen LogP contribution in [0.3, 0.4) is 0 Å². The highest BCUT2D eigenvalue weighted by atomic mass is 32.2. The summed E-state index contributed by atoms with van der Waals surface area (Å²) in [6.45, 7) is 4.21. The molecular formula is C13H19NO3S. The van der Waals surface area contributed by atoms with Crippen LogP contribution >= 0.6 is 0 Å². The van der Waals surface area contributed by atoms with Gasteiger partial charge in [-0.1, -0.05) is 30.3 Å². The van der Waals surface area contributed by atoms with Crippen molar-refractivity contribution in [2.24, 2.45) is 0 Å². The van der Waals surface area contributed by atoms with Gasteiger partial charge in [0.25, 0.3) is 0 Å². The SMILES string of the molecule is CCN(Cc1ccccc1)C(=O)C(C)S(C)(=O)=O. The molecule has 1 aromatic rings. The molecule has 0 aliphatic heterocycles. The molecule has 0 radical (unpaired) electrons. The summed E-state index contributed by atoms with van der Waals surface area (Å²) in [5, 5.41) is -0.985. The highest BCUT2D eigenvalue weighted by Crippen LogP contribution is 2.09. The van der Waals surface area contributed by atoms with E-state index in [2.05, 4.69) is 0 Å². The summed E-state index contributed by atoms with van der Waals surface area (Å²) >= 11 is 0. The fourth-order valence-electron chi connectivity index (χ4n) is 1.59. The van der Waals surface area contributed by atoms with Gasteiger partial charge in [-0.3, -0.25) is 4.79 Å². The van der Waals surface area contributed by atoms with E-state index in [1.807, 2.05) is 37.3 Å². The summed E-state index contributed by atoms with van der Waals surface area (Å²) in [6.07, 6.45) is 1.09. The molecule has 0 bridgehead atoms. The second-order valence-electron chi connectivity index (χ2n) is 4.31. The van der Waals surface area contributed by atoms with Gasteiger partial charge in [-0.05, 0) is 19.4 Å². The van der Waals surface area contributed by atoms with E-state index in [-0.39, 0.29) is 5.91 Å². The number of hydrogen-bond donors (Lipinski definition) is 0. The average Bonchev–Trinajstić information content (AvgIpc) is 2.34. The maximum absolute atomic E-state index is 12.1. The number of hydrogen-bond acceptors (Lipinski definition) is 3. The molecular weight excluding hydrogens is 250 g/mol. The van der Waals surface area contributed by atoms with Gasteiger partial charge in [0.2, 0.25) is 5.91 Å². The Kier molecular flexibility index (Phi) is 4.90. The molecule has 0 saturated carbocycles. The lowest BCUT2D eigenvalue weighted by atomic mass is 10.2. The van der Waals surface area contributed by atoms with Gasteiger partial charge in [-0.15, -0.1) is 0 Å². The van der Waals surface area contributed by atoms with E-state index in [0.717, 1.165) is 11.8 Å². The van der Waals surface area contributed by atoms with Crippen molar-refractivity contribution in [3.05, 3.63) is 35.9 Å². The number of carbonyl (C=O) groups excluding carboxylic acids is 1. The molecule has 1 amide bonds. The molecule has 0 saturated heterocycles. The van der Waals surface area contributed by atoms with Crippen LogP contribution < -0.4 is 0 Å². The van der Waals surface area contributed by atoms with E-state index in [0.29, 0.717) is 13.1 Å². The molecule has 0 spiro atoms. The smallest absolute Gasteiger partial charge is 0.240 e. The van der Waals surface area contributed by atoms with Gasteiger partial charge < -0.3 is 4.90 Å². The Hall–Kier alpha value is -1.36. The van der Waals surface area contributed by atoms with Crippen LogP contribution in [-0.4, -0.2) is 37.3 Å². The first kappa shape index (κ1) is 14.7. The molecule has 1 atom stereocenters. The number of amides is 1. The van der Waals surface area contributed by atoms with Gasteiger partial charge in [-0.2, -0.15) is 0 Å². The van der Waals surface area contributed by atoms with Gasteiger partial charge >= 0.3 is 0 Å². The van der Waals surface area contributed by atoms with Crippen molar-refractivity contribution in [3.63, 3.8) is 0 Å². The minimum Gasteiger partial charge on any atom is -0.338 e. The van der Waals surface area contributed by atoms with Crippen molar-refractivity contribution in [3.8, 4) is 0 Å². The van der Waals surface area contributed by atoms with Gasteiger partial charge in [0.05, 0.1) is 0 Å². The third-order valence-electron chi connectivity index (χ3n) is 2.90. The summed E-state index contributed by atoms with van der Waals surface area (Å²) in [5.74, 6) is -0.344. The Morgan fingerprint density at radius 3 is 2.28 bits per heavy atom. The van der Waals surface area contributed by atoms with Crippen molar-refractivity contribution in [1.29, 1.82) is 0 Å². The predicted octanol–water partition coefficient (Wildman–Crippen LogP) is 1.47. The molecule has 1 rings (SSSR count). The second-order valence-corrected chi connectivity index (χ2v) is 6.68. The third kappa shape index (κ3) is 3.84. The molecule has 0 aliphatic rings. The van der Waals surface area contributed by atoms with E-state index in [1.165, 1.54) is 6.92 Å². The van der Waals surface area contributed by atoms with E-state index in [9.17, 15) is 13.2 Å². The molecule has 4 nitrogen and oxygen atoms in total. The Morgan fingerprint density at radius 2 is 1.83 bits per heavy atom. The molecule has 1 aromatic carbocycles. The maximum Gasteiger partial charge on any atom is 0.240 e. The minimum atomic E-state index is -3.34. The van der Waals surface area contributed by atoms with Crippen molar-refractivity contribution in [1.82, 2.24) is 4.90 Å². The largest absolute Gasteiger partial charge is 0.338 e. The molecule has 5 heteroatoms. The summed E-state index contributed by atoms with van der Waals surface area (Å²) in [7, 11) is -3.34. The predicted molar refractivity (Wildman–Crippen MR) is 71.8 cm³/mol. The summed E-state index contributed by atoms with van der Waals surface area (Å²) in [5.41, 5.74) is 0.994. The van der Waals surface area contributed by atoms with Gasteiger partial charge in [0.1, 0.15) is 5.25 Å². The molecule has 0 N–H and O–H groups in total. The minimum absolute atomic E-state index is 0.344. The highest BCUT2D eigenvalue weighted by molar-refractivity contribution is 7.92. The van der Waals surface area contributed by atoms with Gasteiger partial charge in [0, 0.05) is 19.3 Å². The van der Waals surface area contributed by atoms with Gasteiger partial charge in [-0.25, -0.2) is 8.42 Å². The zero-order valence-corrected chi connectivity index (χ0v) is 11.8. The fourth-order valence-corrected chi connectivity index (χ4v) is 2.10. The second kappa shape index (κ2) is 6.00. The Morgan fingerprint density at radius 1 is 1.28 bits per heavy atom. The first-order valence-electron chi connectivity index (χ1n) is 5.87. The molecule has 100 valence electrons. The fraction of sp³-hybridized carbons (Fsp3) is 0.462. The summed E-state index contributed by atoms with van der Waals surface area (Å²) in [6, 6.07) is 9.53. The van der Waals surface area contributed by atoms with Crippen LogP contribution in [0.1, 0.15) is 19.4 Å². The topological polar surface area (TPSA) is 54.5 Å². The molecule has 1 unspecified atom stereocenters. The first-order valence-corrected chi connectivity index (χ1v) is 7.83. The number of carbonyl (C=O) groups is 1. The normalized spacial score (nSPS) is 13.1. The van der Waals surface area contributed by atoms with Gasteiger partial charge in [0.15, 0.2) is 9.84 Å². The van der Waals surface area contributed by atoms with Crippen molar-refractivity contribution < 1.29 is 13.2 Å². The lowest BCUT2D eigenvalue weighted by Crippen LogP contribution is -2.40. The van der Waals surface area contributed by atoms with Crippen LogP contribution in [0.4, 0.5) is 0 Å². The Bertz CT molecular complexity index is 496. The number of nitrogens with zero attached hydrogens (tertiary/aromatic N) is 1. The highest BCUT2D eigenvalue weighted by Gasteiger charge is 2.27. The van der Waals surface area contributed by atoms with Crippen LogP contribution in [0.5, 0.6) is 0 Å². The number of sulfone groups is 1. The maximum atomic E-state index is 12.1. The number of benzene rings is 1. The van der Waals surface area contributed by atoms with Crippen LogP contribution in [0, 0.1) is 0 Å². The average molecular weight is 269 g/mol. The summed E-state index contributed by atoms with van der Waals surface area (Å²) < 4.78 is 22.8. The summed E-state index contributed by atoms with van der Waals surface area (Å²) in [4.78, 5) is 13.6. The Labute approximate surface area is 109 Å². The molecule has 0 heterocycles. The standard InChI is InChI=1S/C13H19NO3S/c1-4-14(10-12-8-6-5-7-9-12)13(15)11(2)18(3,16)17/h5-9,11H,4,10H2,1-3H3. The molecule has 18 heavy (non-hydrogen) atoms. The number of rotatable bonds is 5. The van der Waals surface area contributed by atoms with E-state index in [1.54, 1.807) is 4.90 Å². The van der Waals surface area contributed by atoms with E-state index in [4.69, 9.17) is 0 Å². The van der Waals surface area contributed by atoms with Crippen molar-refractivity contribution in [2.75, 3.05) is 12.8 Å². The lowest BCUT2D eigenvalue weighted by molar-refractivity contribution is -0.130. The van der Waals surface area contributed by atoms with Crippen molar-refractivity contribution >= 4 is 15.7 Å². The van der Waals surface area contributed by atoms with E-state index >= 15 is 0 Å². The quantitative estimate of drug-likeness (QED) is 0.813. The first-order chi connectivity index (χ1) is 8.36. The van der Waals surface area contributed by atoms with Crippen LogP contribution in [0.2, 0.25) is 0 Å². The lowest BCUT2D eigenvalue weighted by Gasteiger charge is -2.23. The van der Waals surface area contributed by atoms with Crippen LogP contribution in [0.25, 0.3) is 0 Å². The molecule has 0 fully saturated rings. The van der Waals surface area contributed by atoms with Crippen molar-refractivity contribution in [2.45, 2.75) is 25.6 Å². The molecule has 0 aromatic heterocycles. The zero-order valence-electron chi connectivity index (χ0n) is 11.0. The molecule has 0 aliphatic carbocycles.